The lowest BCUT2D eigenvalue weighted by molar-refractivity contribution is 0.180. The van der Waals surface area contributed by atoms with Gasteiger partial charge in [-0.1, -0.05) is 13.3 Å². The van der Waals surface area contributed by atoms with E-state index in [9.17, 15) is 0 Å². The van der Waals surface area contributed by atoms with E-state index in [2.05, 4.69) is 24.5 Å². The predicted octanol–water partition coefficient (Wildman–Crippen LogP) is 2.44. The minimum atomic E-state index is 0.424. The van der Waals surface area contributed by atoms with Crippen LogP contribution >= 0.6 is 0 Å². The molecule has 1 unspecified atom stereocenters. The Labute approximate surface area is 94.2 Å². The molecule has 2 aliphatic rings. The first kappa shape index (κ1) is 11.4. The third-order valence-corrected chi connectivity index (χ3v) is 4.37. The Kier molecular flexibility index (Phi) is 3.36. The Hall–Kier alpha value is -0.0800. The van der Waals surface area contributed by atoms with E-state index in [0.29, 0.717) is 11.1 Å². The molecule has 0 aromatic carbocycles. The highest BCUT2D eigenvalue weighted by molar-refractivity contribution is 4.99. The third kappa shape index (κ3) is 2.54. The first-order chi connectivity index (χ1) is 7.18. The van der Waals surface area contributed by atoms with Crippen LogP contribution < -0.4 is 10.6 Å². The summed E-state index contributed by atoms with van der Waals surface area (Å²) >= 11 is 0. The van der Waals surface area contributed by atoms with Crippen molar-refractivity contribution in [1.82, 2.24) is 10.6 Å². The second-order valence-electron chi connectivity index (χ2n) is 5.83. The third-order valence-electron chi connectivity index (χ3n) is 4.37. The number of hydrogen-bond acceptors (Lipinski definition) is 2. The minimum absolute atomic E-state index is 0.424. The van der Waals surface area contributed by atoms with E-state index in [1.165, 1.54) is 58.0 Å². The summed E-state index contributed by atoms with van der Waals surface area (Å²) in [6.45, 7) is 7.08. The molecule has 2 fully saturated rings. The fourth-order valence-electron chi connectivity index (χ4n) is 3.07. The highest BCUT2D eigenvalue weighted by Gasteiger charge is 2.37. The molecule has 0 aromatic heterocycles. The second-order valence-corrected chi connectivity index (χ2v) is 5.83. The smallest absolute Gasteiger partial charge is 0.0306 e. The van der Waals surface area contributed by atoms with Gasteiger partial charge in [-0.05, 0) is 52.0 Å². The van der Waals surface area contributed by atoms with Gasteiger partial charge in [-0.3, -0.25) is 0 Å². The molecule has 15 heavy (non-hydrogen) atoms. The second kappa shape index (κ2) is 4.42. The predicted molar refractivity (Wildman–Crippen MR) is 65.1 cm³/mol. The maximum Gasteiger partial charge on any atom is 0.0306 e. The van der Waals surface area contributed by atoms with Crippen LogP contribution in [0.25, 0.3) is 0 Å². The molecule has 0 spiro atoms. The van der Waals surface area contributed by atoms with Gasteiger partial charge in [-0.2, -0.15) is 0 Å². The first-order valence-electron chi connectivity index (χ1n) is 6.68. The van der Waals surface area contributed by atoms with Crippen LogP contribution in [0, 0.1) is 0 Å². The lowest BCUT2D eigenvalue weighted by Crippen LogP contribution is -2.57. The van der Waals surface area contributed by atoms with Gasteiger partial charge in [-0.25, -0.2) is 0 Å². The zero-order valence-corrected chi connectivity index (χ0v) is 10.4. The van der Waals surface area contributed by atoms with Crippen molar-refractivity contribution in [2.75, 3.05) is 13.1 Å². The van der Waals surface area contributed by atoms with Gasteiger partial charge in [0.2, 0.25) is 0 Å². The molecule has 0 radical (unpaired) electrons. The summed E-state index contributed by atoms with van der Waals surface area (Å²) in [5.74, 6) is 0. The van der Waals surface area contributed by atoms with Gasteiger partial charge in [0, 0.05) is 17.6 Å². The molecule has 1 atom stereocenters. The van der Waals surface area contributed by atoms with E-state index >= 15 is 0 Å². The van der Waals surface area contributed by atoms with Crippen molar-refractivity contribution in [3.05, 3.63) is 0 Å². The molecule has 1 heterocycles. The molecule has 88 valence electrons. The molecule has 1 aliphatic heterocycles. The van der Waals surface area contributed by atoms with Gasteiger partial charge >= 0.3 is 0 Å². The van der Waals surface area contributed by atoms with Crippen LogP contribution in [0.15, 0.2) is 0 Å². The molecule has 1 aliphatic carbocycles. The maximum atomic E-state index is 3.80. The van der Waals surface area contributed by atoms with E-state index in [1.54, 1.807) is 0 Å². The van der Waals surface area contributed by atoms with E-state index in [1.807, 2.05) is 0 Å². The van der Waals surface area contributed by atoms with Crippen LogP contribution in [-0.4, -0.2) is 24.2 Å². The van der Waals surface area contributed by atoms with E-state index in [0.717, 1.165) is 0 Å². The van der Waals surface area contributed by atoms with Crippen molar-refractivity contribution in [1.29, 1.82) is 0 Å². The molecule has 0 aromatic rings. The summed E-state index contributed by atoms with van der Waals surface area (Å²) in [6, 6.07) is 0. The highest BCUT2D eigenvalue weighted by atomic mass is 15.1. The van der Waals surface area contributed by atoms with Crippen LogP contribution in [0.3, 0.4) is 0 Å². The fourth-order valence-corrected chi connectivity index (χ4v) is 3.07. The largest absolute Gasteiger partial charge is 0.310 e. The van der Waals surface area contributed by atoms with Crippen molar-refractivity contribution in [3.63, 3.8) is 0 Å². The monoisotopic (exact) mass is 210 g/mol. The first-order valence-corrected chi connectivity index (χ1v) is 6.68. The summed E-state index contributed by atoms with van der Waals surface area (Å²) in [5, 5.41) is 7.53. The zero-order chi connectivity index (χ0) is 10.8. The topological polar surface area (TPSA) is 24.1 Å². The van der Waals surface area contributed by atoms with Crippen LogP contribution in [0.5, 0.6) is 0 Å². The van der Waals surface area contributed by atoms with Crippen molar-refractivity contribution in [3.8, 4) is 0 Å². The quantitative estimate of drug-likeness (QED) is 0.728. The van der Waals surface area contributed by atoms with Crippen molar-refractivity contribution >= 4 is 0 Å². The average molecular weight is 210 g/mol. The van der Waals surface area contributed by atoms with Gasteiger partial charge in [0.25, 0.3) is 0 Å². The van der Waals surface area contributed by atoms with E-state index in [4.69, 9.17) is 0 Å². The van der Waals surface area contributed by atoms with Crippen LogP contribution in [0.4, 0.5) is 0 Å². The molecule has 1 saturated carbocycles. The Morgan fingerprint density at radius 3 is 2.47 bits per heavy atom. The SMILES string of the molecule is CCCC1(CNC2(C)CCC2)CCCN1. The molecule has 2 heteroatoms. The maximum absolute atomic E-state index is 3.80. The Morgan fingerprint density at radius 1 is 1.20 bits per heavy atom. The fraction of sp³-hybridized carbons (Fsp3) is 1.00. The summed E-state index contributed by atoms with van der Waals surface area (Å²) in [4.78, 5) is 0. The van der Waals surface area contributed by atoms with Crippen LogP contribution in [0.1, 0.15) is 58.8 Å². The number of hydrogen-bond donors (Lipinski definition) is 2. The van der Waals surface area contributed by atoms with Gasteiger partial charge in [-0.15, -0.1) is 0 Å². The van der Waals surface area contributed by atoms with Gasteiger partial charge in [0.05, 0.1) is 0 Å². The molecule has 0 amide bonds. The summed E-state index contributed by atoms with van der Waals surface area (Å²) in [5.41, 5.74) is 0.887. The summed E-state index contributed by atoms with van der Waals surface area (Å²) < 4.78 is 0. The van der Waals surface area contributed by atoms with Crippen molar-refractivity contribution in [2.45, 2.75) is 69.9 Å². The molecule has 1 saturated heterocycles. The van der Waals surface area contributed by atoms with Crippen LogP contribution in [0.2, 0.25) is 0 Å². The Balaban J connectivity index is 1.83. The Bertz CT molecular complexity index is 203. The highest BCUT2D eigenvalue weighted by Crippen LogP contribution is 2.32. The van der Waals surface area contributed by atoms with E-state index in [-0.39, 0.29) is 0 Å². The van der Waals surface area contributed by atoms with Gasteiger partial charge in [0.1, 0.15) is 0 Å². The number of nitrogens with one attached hydrogen (secondary N) is 2. The Morgan fingerprint density at radius 2 is 2.00 bits per heavy atom. The molecular formula is C13H26N2. The van der Waals surface area contributed by atoms with Gasteiger partial charge in [0.15, 0.2) is 0 Å². The lowest BCUT2D eigenvalue weighted by Gasteiger charge is -2.43. The average Bonchev–Trinajstić information content (AvgIpc) is 2.62. The summed E-state index contributed by atoms with van der Waals surface area (Å²) in [6.07, 6.45) is 9.51. The molecule has 2 nitrogen and oxygen atoms in total. The zero-order valence-electron chi connectivity index (χ0n) is 10.4. The molecule has 2 N–H and O–H groups in total. The van der Waals surface area contributed by atoms with Gasteiger partial charge < -0.3 is 10.6 Å². The van der Waals surface area contributed by atoms with Crippen molar-refractivity contribution < 1.29 is 0 Å². The van der Waals surface area contributed by atoms with E-state index < -0.39 is 0 Å². The molecular weight excluding hydrogens is 184 g/mol. The number of rotatable bonds is 5. The van der Waals surface area contributed by atoms with Crippen LogP contribution in [-0.2, 0) is 0 Å². The normalized spacial score (nSPS) is 34.0. The molecule has 0 bridgehead atoms. The lowest BCUT2D eigenvalue weighted by atomic mass is 9.77. The summed E-state index contributed by atoms with van der Waals surface area (Å²) in [7, 11) is 0. The standard InChI is InChI=1S/C13H26N2/c1-3-6-13(9-5-10-14-13)11-15-12(2)7-4-8-12/h14-15H,3-11H2,1-2H3. The minimum Gasteiger partial charge on any atom is -0.310 e. The van der Waals surface area contributed by atoms with Crippen molar-refractivity contribution in [2.24, 2.45) is 0 Å². The molecule has 2 rings (SSSR count).